The largest absolute Gasteiger partial charge is 0.450 e. The van der Waals surface area contributed by atoms with Gasteiger partial charge in [-0.2, -0.15) is 0 Å². The molecule has 1 aromatic heterocycles. The monoisotopic (exact) mass is 336 g/mol. The summed E-state index contributed by atoms with van der Waals surface area (Å²) in [7, 11) is 1.57. The Labute approximate surface area is 144 Å². The van der Waals surface area contributed by atoms with Crippen LogP contribution < -0.4 is 10.2 Å². The van der Waals surface area contributed by atoms with Gasteiger partial charge < -0.3 is 14.5 Å². The Morgan fingerprint density at radius 1 is 1.20 bits per heavy atom. The predicted molar refractivity (Wildman–Crippen MR) is 93.7 cm³/mol. The number of nitrogens with one attached hydrogen (secondary N) is 1. The van der Waals surface area contributed by atoms with E-state index in [0.29, 0.717) is 22.5 Å². The van der Waals surface area contributed by atoms with Gasteiger partial charge in [0.05, 0.1) is 18.0 Å². The highest BCUT2D eigenvalue weighted by Crippen LogP contribution is 2.33. The minimum Gasteiger partial charge on any atom is -0.450 e. The zero-order valence-electron chi connectivity index (χ0n) is 13.6. The molecule has 0 atom stereocenters. The van der Waals surface area contributed by atoms with Crippen molar-refractivity contribution in [1.29, 1.82) is 0 Å². The van der Waals surface area contributed by atoms with Crippen molar-refractivity contribution < 1.29 is 18.7 Å². The summed E-state index contributed by atoms with van der Waals surface area (Å²) in [5.74, 6) is -0.394. The van der Waals surface area contributed by atoms with Gasteiger partial charge in [0.2, 0.25) is 5.91 Å². The molecule has 6 heteroatoms. The molecule has 3 aromatic rings. The second kappa shape index (κ2) is 6.07. The van der Waals surface area contributed by atoms with Crippen molar-refractivity contribution in [2.24, 2.45) is 0 Å². The number of carbonyl (C=O) groups is 2. The topological polar surface area (TPSA) is 71.8 Å². The van der Waals surface area contributed by atoms with Gasteiger partial charge in [0.1, 0.15) is 12.1 Å². The summed E-state index contributed by atoms with van der Waals surface area (Å²) in [6.45, 7) is 0.194. The summed E-state index contributed by atoms with van der Waals surface area (Å²) in [6, 6.07) is 14.6. The number of methoxy groups -OCH3 is 1. The van der Waals surface area contributed by atoms with Crippen molar-refractivity contribution in [1.82, 2.24) is 0 Å². The normalized spacial score (nSPS) is 13.6. The van der Waals surface area contributed by atoms with Crippen molar-refractivity contribution in [3.8, 4) is 0 Å². The van der Waals surface area contributed by atoms with Crippen LogP contribution in [0.3, 0.4) is 0 Å². The third-order valence-corrected chi connectivity index (χ3v) is 4.20. The first-order chi connectivity index (χ1) is 12.2. The molecule has 0 radical (unpaired) electrons. The van der Waals surface area contributed by atoms with Crippen LogP contribution in [0.4, 0.5) is 11.4 Å². The number of nitrogens with zero attached hydrogens (tertiary/aromatic N) is 1. The number of amides is 2. The summed E-state index contributed by atoms with van der Waals surface area (Å²) in [6.07, 6.45) is 0. The summed E-state index contributed by atoms with van der Waals surface area (Å²) < 4.78 is 11.1. The van der Waals surface area contributed by atoms with Gasteiger partial charge in [-0.3, -0.25) is 14.5 Å². The molecular formula is C19H16N2O4. The molecule has 126 valence electrons. The van der Waals surface area contributed by atoms with E-state index >= 15 is 0 Å². The Morgan fingerprint density at radius 3 is 2.80 bits per heavy atom. The van der Waals surface area contributed by atoms with E-state index < -0.39 is 0 Å². The fraction of sp³-hybridized carbons (Fsp3) is 0.158. The van der Waals surface area contributed by atoms with Crippen LogP contribution >= 0.6 is 0 Å². The first kappa shape index (κ1) is 15.4. The maximum Gasteiger partial charge on any atom is 0.294 e. The van der Waals surface area contributed by atoms with Crippen LogP contribution in [0.25, 0.3) is 11.0 Å². The molecule has 0 unspecified atom stereocenters. The van der Waals surface area contributed by atoms with Crippen LogP contribution in [0.1, 0.15) is 16.1 Å². The van der Waals surface area contributed by atoms with Crippen LogP contribution in [-0.2, 0) is 16.1 Å². The lowest BCUT2D eigenvalue weighted by Gasteiger charge is -2.28. The molecule has 0 saturated carbocycles. The molecule has 6 nitrogen and oxygen atoms in total. The van der Waals surface area contributed by atoms with Gasteiger partial charge in [0.25, 0.3) is 5.91 Å². The molecule has 2 aromatic carbocycles. The highest BCUT2D eigenvalue weighted by molar-refractivity contribution is 6.15. The van der Waals surface area contributed by atoms with Crippen molar-refractivity contribution >= 4 is 34.2 Å². The van der Waals surface area contributed by atoms with Gasteiger partial charge in [-0.05, 0) is 18.2 Å². The zero-order valence-corrected chi connectivity index (χ0v) is 13.6. The smallest absolute Gasteiger partial charge is 0.294 e. The molecule has 2 amide bonds. The minimum atomic E-state index is -0.356. The van der Waals surface area contributed by atoms with E-state index in [1.807, 2.05) is 36.4 Å². The standard InChI is InChI=1S/C19H16N2O4/c1-24-11-13-12-6-2-5-9-16(12)25-18(13)19(23)21-10-17(22)20-14-7-3-4-8-15(14)21/h2-9H,10-11H2,1H3,(H,20,22). The van der Waals surface area contributed by atoms with Crippen molar-refractivity contribution in [3.05, 3.63) is 59.9 Å². The molecule has 0 aliphatic carbocycles. The Kier molecular flexibility index (Phi) is 3.74. The van der Waals surface area contributed by atoms with E-state index in [2.05, 4.69) is 5.32 Å². The lowest BCUT2D eigenvalue weighted by atomic mass is 10.1. The molecular weight excluding hydrogens is 320 g/mol. The number of fused-ring (bicyclic) bond motifs is 2. The molecule has 25 heavy (non-hydrogen) atoms. The predicted octanol–water partition coefficient (Wildman–Crippen LogP) is 3.18. The molecule has 0 fully saturated rings. The maximum atomic E-state index is 13.2. The minimum absolute atomic E-state index is 0.0562. The van der Waals surface area contributed by atoms with Crippen LogP contribution in [0.15, 0.2) is 52.9 Å². The summed E-state index contributed by atoms with van der Waals surface area (Å²) in [5.41, 5.74) is 2.56. The number of ether oxygens (including phenoxy) is 1. The number of anilines is 2. The average molecular weight is 336 g/mol. The first-order valence-electron chi connectivity index (χ1n) is 7.89. The Hall–Kier alpha value is -3.12. The fourth-order valence-electron chi connectivity index (χ4n) is 3.10. The Bertz CT molecular complexity index is 976. The van der Waals surface area contributed by atoms with Crippen molar-refractivity contribution in [2.45, 2.75) is 6.61 Å². The number of hydrogen-bond acceptors (Lipinski definition) is 4. The van der Waals surface area contributed by atoms with E-state index in [9.17, 15) is 9.59 Å². The number of hydrogen-bond donors (Lipinski definition) is 1. The molecule has 1 N–H and O–H groups in total. The first-order valence-corrected chi connectivity index (χ1v) is 7.89. The van der Waals surface area contributed by atoms with E-state index in [1.165, 1.54) is 4.90 Å². The average Bonchev–Trinajstić information content (AvgIpc) is 2.99. The number of rotatable bonds is 3. The van der Waals surface area contributed by atoms with Gasteiger partial charge in [-0.1, -0.05) is 30.3 Å². The quantitative estimate of drug-likeness (QED) is 0.797. The van der Waals surface area contributed by atoms with Gasteiger partial charge in [-0.25, -0.2) is 0 Å². The number of carbonyl (C=O) groups excluding carboxylic acids is 2. The highest BCUT2D eigenvalue weighted by Gasteiger charge is 2.31. The third-order valence-electron chi connectivity index (χ3n) is 4.20. The lowest BCUT2D eigenvalue weighted by molar-refractivity contribution is -0.115. The molecule has 2 heterocycles. The fourth-order valence-corrected chi connectivity index (χ4v) is 3.10. The summed E-state index contributed by atoms with van der Waals surface area (Å²) in [4.78, 5) is 26.6. The van der Waals surface area contributed by atoms with Gasteiger partial charge in [-0.15, -0.1) is 0 Å². The van der Waals surface area contributed by atoms with E-state index in [0.717, 1.165) is 5.39 Å². The second-order valence-corrected chi connectivity index (χ2v) is 5.80. The second-order valence-electron chi connectivity index (χ2n) is 5.80. The summed E-state index contributed by atoms with van der Waals surface area (Å²) >= 11 is 0. The van der Waals surface area contributed by atoms with Gasteiger partial charge in [0.15, 0.2) is 5.76 Å². The van der Waals surface area contributed by atoms with Crippen LogP contribution in [0.2, 0.25) is 0 Å². The van der Waals surface area contributed by atoms with E-state index in [1.54, 1.807) is 19.2 Å². The molecule has 1 aliphatic heterocycles. The lowest BCUT2D eigenvalue weighted by Crippen LogP contribution is -2.42. The van der Waals surface area contributed by atoms with Crippen LogP contribution in [0.5, 0.6) is 0 Å². The van der Waals surface area contributed by atoms with Crippen molar-refractivity contribution in [3.63, 3.8) is 0 Å². The number of benzene rings is 2. The maximum absolute atomic E-state index is 13.2. The van der Waals surface area contributed by atoms with E-state index in [-0.39, 0.29) is 30.7 Å². The molecule has 4 rings (SSSR count). The molecule has 0 spiro atoms. The van der Waals surface area contributed by atoms with E-state index in [4.69, 9.17) is 9.15 Å². The molecule has 1 aliphatic rings. The van der Waals surface area contributed by atoms with Gasteiger partial charge >= 0.3 is 0 Å². The van der Waals surface area contributed by atoms with Crippen molar-refractivity contribution in [2.75, 3.05) is 23.9 Å². The number of furan rings is 1. The highest BCUT2D eigenvalue weighted by atomic mass is 16.5. The zero-order chi connectivity index (χ0) is 17.4. The SMILES string of the molecule is COCc1c(C(=O)N2CC(=O)Nc3ccccc32)oc2ccccc12. The Morgan fingerprint density at radius 2 is 1.96 bits per heavy atom. The third kappa shape index (κ3) is 2.56. The van der Waals surface area contributed by atoms with Crippen LogP contribution in [0, 0.1) is 0 Å². The molecule has 0 bridgehead atoms. The summed E-state index contributed by atoms with van der Waals surface area (Å²) in [5, 5.41) is 3.61. The number of para-hydroxylation sites is 3. The Balaban J connectivity index is 1.83. The van der Waals surface area contributed by atoms with Crippen LogP contribution in [-0.4, -0.2) is 25.5 Å². The molecule has 0 saturated heterocycles. The van der Waals surface area contributed by atoms with Gasteiger partial charge in [0, 0.05) is 18.1 Å².